The largest absolute Gasteiger partial charge is 0.477 e. The molecule has 0 aromatic heterocycles. The number of amides is 4. The maximum absolute atomic E-state index is 13.6. The molecule has 8 aliphatic heterocycles. The van der Waals surface area contributed by atoms with Gasteiger partial charge in [0.05, 0.1) is 77.1 Å². The number of aliphatic hydroxyl groups excluding tert-OH is 24. The van der Waals surface area contributed by atoms with E-state index in [4.69, 9.17) is 71.1 Å². The van der Waals surface area contributed by atoms with E-state index < -0.39 is 352 Å². The van der Waals surface area contributed by atoms with Gasteiger partial charge in [0, 0.05) is 40.5 Å². The van der Waals surface area contributed by atoms with Gasteiger partial charge < -0.3 is 220 Å². The topological polar surface area (TPSA) is 778 Å². The number of hydrogen-bond acceptors (Lipinski definition) is 44. The Bertz CT molecular complexity index is 2950. The molecular formula is C61H102N4O45. The Labute approximate surface area is 622 Å². The van der Waals surface area contributed by atoms with E-state index in [1.807, 2.05) is 0 Å². The van der Waals surface area contributed by atoms with Crippen LogP contribution in [0.15, 0.2) is 0 Å². The van der Waals surface area contributed by atoms with Gasteiger partial charge in [-0.15, -0.1) is 0 Å². The van der Waals surface area contributed by atoms with Gasteiger partial charge in [-0.1, -0.05) is 0 Å². The van der Waals surface area contributed by atoms with Gasteiger partial charge in [0.2, 0.25) is 23.6 Å². The number of rotatable bonds is 31. The van der Waals surface area contributed by atoms with E-state index in [1.54, 1.807) is 0 Å². The second kappa shape index (κ2) is 39.6. The van der Waals surface area contributed by atoms with Gasteiger partial charge in [0.15, 0.2) is 44.0 Å². The van der Waals surface area contributed by atoms with Gasteiger partial charge in [-0.2, -0.15) is 0 Å². The van der Waals surface area contributed by atoms with Crippen LogP contribution < -0.4 is 21.3 Å². The Balaban J connectivity index is 1.18. The molecule has 4 amide bonds. The highest BCUT2D eigenvalue weighted by atomic mass is 16.8. The first kappa shape index (κ1) is 91.3. The van der Waals surface area contributed by atoms with E-state index in [-0.39, 0.29) is 0 Å². The summed E-state index contributed by atoms with van der Waals surface area (Å²) in [6.45, 7) is -5.17. The number of hydrogen-bond donors (Lipinski definition) is 29. The molecule has 8 fully saturated rings. The van der Waals surface area contributed by atoms with Gasteiger partial charge in [-0.05, 0) is 0 Å². The summed E-state index contributed by atoms with van der Waals surface area (Å²) in [5, 5.41) is 285. The number of carboxylic acid groups (broad SMARTS) is 1. The van der Waals surface area contributed by atoms with E-state index in [1.165, 1.54) is 0 Å². The molecule has 636 valence electrons. The highest BCUT2D eigenvalue weighted by molar-refractivity contribution is 5.77. The van der Waals surface area contributed by atoms with Crippen molar-refractivity contribution in [3.05, 3.63) is 0 Å². The third-order valence-electron chi connectivity index (χ3n) is 19.8. The van der Waals surface area contributed by atoms with Gasteiger partial charge in [0.25, 0.3) is 5.79 Å². The van der Waals surface area contributed by atoms with E-state index in [0.29, 0.717) is 0 Å². The number of carbonyl (C=O) groups is 5. The Kier molecular flexibility index (Phi) is 32.9. The van der Waals surface area contributed by atoms with Crippen molar-refractivity contribution in [3.63, 3.8) is 0 Å². The van der Waals surface area contributed by atoms with Gasteiger partial charge in [-0.25, -0.2) is 4.79 Å². The van der Waals surface area contributed by atoms with Crippen molar-refractivity contribution in [1.82, 2.24) is 21.3 Å². The number of carbonyl (C=O) groups excluding carboxylic acids is 4. The molecule has 8 rings (SSSR count). The van der Waals surface area contributed by atoms with Crippen molar-refractivity contribution >= 4 is 29.6 Å². The van der Waals surface area contributed by atoms with Crippen molar-refractivity contribution in [2.24, 2.45) is 0 Å². The van der Waals surface area contributed by atoms with Crippen LogP contribution in [0.4, 0.5) is 0 Å². The van der Waals surface area contributed by atoms with Gasteiger partial charge in [-0.3, -0.25) is 19.2 Å². The van der Waals surface area contributed by atoms with Crippen LogP contribution in [-0.4, -0.2) is 467 Å². The molecular weight excluding hydrogens is 1510 g/mol. The molecule has 8 saturated heterocycles. The third-order valence-corrected chi connectivity index (χ3v) is 19.8. The smallest absolute Gasteiger partial charge is 0.364 e. The fraction of sp³-hybridized carbons (Fsp3) is 0.918. The molecule has 42 atom stereocenters. The second-order valence-electron chi connectivity index (χ2n) is 27.7. The Morgan fingerprint density at radius 2 is 0.809 bits per heavy atom. The zero-order valence-electron chi connectivity index (χ0n) is 59.1. The average molecular weight is 1610 g/mol. The monoisotopic (exact) mass is 1610 g/mol. The summed E-state index contributed by atoms with van der Waals surface area (Å²) in [5.41, 5.74) is 0. The molecule has 0 aromatic rings. The molecule has 0 aromatic carbocycles. The minimum Gasteiger partial charge on any atom is -0.477 e. The van der Waals surface area contributed by atoms with Crippen LogP contribution in [0.3, 0.4) is 0 Å². The lowest BCUT2D eigenvalue weighted by molar-refractivity contribution is -0.391. The fourth-order valence-corrected chi connectivity index (χ4v) is 14.0. The molecule has 1 unspecified atom stereocenters. The van der Waals surface area contributed by atoms with Gasteiger partial charge in [0.1, 0.15) is 183 Å². The van der Waals surface area contributed by atoms with Gasteiger partial charge >= 0.3 is 5.97 Å². The summed E-state index contributed by atoms with van der Waals surface area (Å²) in [4.78, 5) is 64.5. The third kappa shape index (κ3) is 20.6. The van der Waals surface area contributed by atoms with Crippen molar-refractivity contribution in [1.29, 1.82) is 0 Å². The first-order chi connectivity index (χ1) is 51.8. The molecule has 110 heavy (non-hydrogen) atoms. The summed E-state index contributed by atoms with van der Waals surface area (Å²) in [7, 11) is 0. The van der Waals surface area contributed by atoms with E-state index in [2.05, 4.69) is 21.3 Å². The lowest BCUT2D eigenvalue weighted by Gasteiger charge is -2.52. The molecule has 29 N–H and O–H groups in total. The first-order valence-corrected chi connectivity index (χ1v) is 34.8. The average Bonchev–Trinajstić information content (AvgIpc) is 0.755. The minimum absolute atomic E-state index is 0.629. The standard InChI is InChI=1S/C61H102N4O45/c1-15(72)62-30-19(76)5-29(104-49(30)34(80)21(78)7-66)96-13-27-38(84)50(107-59-46(92)53(37(83)24(10-69)100-59)110-61(60(94)95)6-20(77)31(63-16(2)73)51(109-61)35(81)22(79)8-67)33(65-18(4)75)56(102-27)108-52-39(85)28(103-58(45(52)91)106-48-25(11-70)98-54(93)43(89)42(48)88)14-97-55-32(64-17(3)74)40(86)47(26(12-71)101-55)105-57-44(90)41(87)36(82)23(9-68)99-57/h19-59,66-71,76-93H,5-14H2,1-4H3,(H,62,72)(H,63,73)(H,64,74)(H,65,75)(H,94,95)/t19-,20-,21-,22-,23+,24+,25+,26+,27+,28+,29+,30+,31+,32+,33+,34-,35-,36-,37-,38+,39-,40+,41-,42+,43+,44+,45+,46+,47+,48+,49+,50+,51+,52-,53-,54?,55+,56-,57-,58-,59-,61+/m0/s1. The van der Waals surface area contributed by atoms with Crippen LogP contribution in [0.25, 0.3) is 0 Å². The predicted molar refractivity (Wildman–Crippen MR) is 339 cm³/mol. The number of aliphatic carboxylic acids is 1. The van der Waals surface area contributed by atoms with Crippen LogP contribution in [0.5, 0.6) is 0 Å². The molecule has 49 nitrogen and oxygen atoms in total. The Hall–Kier alpha value is -4.21. The van der Waals surface area contributed by atoms with Crippen molar-refractivity contribution < 1.29 is 223 Å². The molecule has 0 bridgehead atoms. The maximum Gasteiger partial charge on any atom is 0.364 e. The van der Waals surface area contributed by atoms with E-state index in [0.717, 1.165) is 27.7 Å². The van der Waals surface area contributed by atoms with E-state index >= 15 is 0 Å². The zero-order valence-corrected chi connectivity index (χ0v) is 59.1. The lowest BCUT2D eigenvalue weighted by atomic mass is 9.88. The molecule has 0 spiro atoms. The van der Waals surface area contributed by atoms with Crippen molar-refractivity contribution in [2.45, 2.75) is 298 Å². The maximum atomic E-state index is 13.6. The van der Waals surface area contributed by atoms with Crippen LogP contribution in [0.2, 0.25) is 0 Å². The molecule has 8 aliphatic rings. The molecule has 49 heteroatoms. The normalized spacial score (nSPS) is 45.8. The zero-order chi connectivity index (χ0) is 81.6. The summed E-state index contributed by atoms with van der Waals surface area (Å²) < 4.78 is 88.5. The van der Waals surface area contributed by atoms with Crippen LogP contribution in [0, 0.1) is 0 Å². The summed E-state index contributed by atoms with van der Waals surface area (Å²) in [6.07, 6.45) is -81.3. The molecule has 0 aliphatic carbocycles. The quantitative estimate of drug-likeness (QED) is 0.0306. The Morgan fingerprint density at radius 1 is 0.391 bits per heavy atom. The Morgan fingerprint density at radius 3 is 1.35 bits per heavy atom. The number of ether oxygens (including phenoxy) is 15. The summed E-state index contributed by atoms with van der Waals surface area (Å²) in [6, 6.07) is -7.33. The summed E-state index contributed by atoms with van der Waals surface area (Å²) in [5.74, 6) is -9.26. The number of carboxylic acids is 1. The summed E-state index contributed by atoms with van der Waals surface area (Å²) >= 11 is 0. The minimum atomic E-state index is -3.37. The highest BCUT2D eigenvalue weighted by Crippen LogP contribution is 2.41. The molecule has 8 heterocycles. The molecule has 0 saturated carbocycles. The fourth-order valence-electron chi connectivity index (χ4n) is 14.0. The van der Waals surface area contributed by atoms with Crippen LogP contribution in [0.1, 0.15) is 40.5 Å². The van der Waals surface area contributed by atoms with Crippen molar-refractivity contribution in [2.75, 3.05) is 52.9 Å². The van der Waals surface area contributed by atoms with Crippen LogP contribution >= 0.6 is 0 Å². The predicted octanol–water partition coefficient (Wildman–Crippen LogP) is -18.9. The first-order valence-electron chi connectivity index (χ1n) is 34.8. The highest BCUT2D eigenvalue weighted by Gasteiger charge is 2.63. The SMILES string of the molecule is CC(=O)N[C@H]1[C@H](OC[C@H]2O[C@@H](O[C@H]3[C@H](O)[C@@H](O)C(O)O[C@@H]3CO)[C@H](O)[C@@H](O[C@@H]3O[C@H](CO[C@H]4C[C@H](O)[C@@H](NC(C)=O)[C@H]([C@@H](O)[C@@H](O)CO)O4)[C@@H](O)[C@H](O[C@@H]4O[C@H](CO)[C@H](O)[C@H](O[C@@]5(C(=O)O)C[C@H](O)[C@@H](NC(C)=O)[C@H]([C@@H](O)[C@@H](O)CO)O5)[C@H]4O)[C@H]3NC(C)=O)[C@H]2O)O[C@H](CO)[C@@H](O[C@@H]2O[C@H](CO)[C@H](O)[C@H](O)[C@H]2O)[C@@H]1O. The lowest BCUT2D eigenvalue weighted by Crippen LogP contribution is -2.71. The van der Waals surface area contributed by atoms with E-state index in [9.17, 15) is 152 Å². The molecule has 0 radical (unpaired) electrons. The second-order valence-corrected chi connectivity index (χ2v) is 27.7. The van der Waals surface area contributed by atoms with Crippen LogP contribution in [-0.2, 0) is 95.0 Å². The number of nitrogens with one attached hydrogen (secondary N) is 4. The van der Waals surface area contributed by atoms with Crippen molar-refractivity contribution in [3.8, 4) is 0 Å². The number of aliphatic hydroxyl groups is 24.